The number of ether oxygens (including phenoxy) is 1. The highest BCUT2D eigenvalue weighted by atomic mass is 16.5. The standard InChI is InChI=1S/C22H24N4O3/c1-2-13-23-22(27)26-14-12-17(15-26)28-19-11-7-6-10-18(19)21-24-20(25-29-21)16-8-4-3-5-9-16/h3-11,17H,2,12-15H2,1H3,(H,23,27). The zero-order valence-electron chi connectivity index (χ0n) is 16.4. The molecule has 0 spiro atoms. The first-order valence-corrected chi connectivity index (χ1v) is 9.92. The lowest BCUT2D eigenvalue weighted by molar-refractivity contribution is 0.187. The summed E-state index contributed by atoms with van der Waals surface area (Å²) in [4.78, 5) is 18.5. The van der Waals surface area contributed by atoms with Crippen molar-refractivity contribution in [3.05, 3.63) is 54.6 Å². The van der Waals surface area contributed by atoms with Crippen molar-refractivity contribution in [2.24, 2.45) is 0 Å². The molecule has 7 heteroatoms. The number of hydrogen-bond donors (Lipinski definition) is 1. The molecule has 1 aliphatic heterocycles. The maximum atomic E-state index is 12.2. The fourth-order valence-corrected chi connectivity index (χ4v) is 3.32. The van der Waals surface area contributed by atoms with Gasteiger partial charge in [-0.15, -0.1) is 0 Å². The molecule has 1 atom stereocenters. The first-order valence-electron chi connectivity index (χ1n) is 9.92. The second-order valence-electron chi connectivity index (χ2n) is 6.99. The summed E-state index contributed by atoms with van der Waals surface area (Å²) in [6.07, 6.45) is 1.63. The van der Waals surface area contributed by atoms with Crippen molar-refractivity contribution in [2.75, 3.05) is 19.6 Å². The van der Waals surface area contributed by atoms with Crippen molar-refractivity contribution >= 4 is 6.03 Å². The smallest absolute Gasteiger partial charge is 0.317 e. The number of urea groups is 1. The molecule has 1 fully saturated rings. The molecule has 1 aliphatic rings. The second kappa shape index (κ2) is 8.77. The molecule has 4 rings (SSSR count). The monoisotopic (exact) mass is 392 g/mol. The highest BCUT2D eigenvalue weighted by Crippen LogP contribution is 2.31. The summed E-state index contributed by atoms with van der Waals surface area (Å²) in [5.41, 5.74) is 1.64. The van der Waals surface area contributed by atoms with E-state index in [2.05, 4.69) is 15.5 Å². The third kappa shape index (κ3) is 4.39. The predicted molar refractivity (Wildman–Crippen MR) is 109 cm³/mol. The van der Waals surface area contributed by atoms with Crippen molar-refractivity contribution in [3.63, 3.8) is 0 Å². The van der Waals surface area contributed by atoms with Gasteiger partial charge in [0.15, 0.2) is 0 Å². The molecule has 1 unspecified atom stereocenters. The minimum Gasteiger partial charge on any atom is -0.488 e. The number of likely N-dealkylation sites (tertiary alicyclic amines) is 1. The summed E-state index contributed by atoms with van der Waals surface area (Å²) in [5, 5.41) is 7.01. The van der Waals surface area contributed by atoms with E-state index in [-0.39, 0.29) is 12.1 Å². The molecule has 7 nitrogen and oxygen atoms in total. The Morgan fingerprint density at radius 3 is 2.83 bits per heavy atom. The van der Waals surface area contributed by atoms with Crippen LogP contribution in [0.4, 0.5) is 4.79 Å². The first-order chi connectivity index (χ1) is 14.2. The molecule has 0 aliphatic carbocycles. The summed E-state index contributed by atoms with van der Waals surface area (Å²) in [7, 11) is 0. The molecule has 1 saturated heterocycles. The number of amides is 2. The van der Waals surface area contributed by atoms with E-state index in [4.69, 9.17) is 9.26 Å². The van der Waals surface area contributed by atoms with Crippen LogP contribution < -0.4 is 10.1 Å². The van der Waals surface area contributed by atoms with E-state index < -0.39 is 0 Å². The average molecular weight is 392 g/mol. The van der Waals surface area contributed by atoms with Crippen LogP contribution >= 0.6 is 0 Å². The Labute approximate surface area is 169 Å². The van der Waals surface area contributed by atoms with Gasteiger partial charge in [-0.2, -0.15) is 4.98 Å². The molecule has 150 valence electrons. The Balaban J connectivity index is 1.47. The lowest BCUT2D eigenvalue weighted by Crippen LogP contribution is -2.39. The minimum atomic E-state index is -0.0694. The Bertz CT molecular complexity index is 957. The molecular weight excluding hydrogens is 368 g/mol. The van der Waals surface area contributed by atoms with Crippen LogP contribution in [0.5, 0.6) is 5.75 Å². The topological polar surface area (TPSA) is 80.5 Å². The van der Waals surface area contributed by atoms with Gasteiger partial charge in [-0.3, -0.25) is 0 Å². The summed E-state index contributed by atoms with van der Waals surface area (Å²) in [6, 6.07) is 17.3. The highest BCUT2D eigenvalue weighted by Gasteiger charge is 2.28. The van der Waals surface area contributed by atoms with E-state index in [9.17, 15) is 4.79 Å². The number of nitrogens with zero attached hydrogens (tertiary/aromatic N) is 3. The van der Waals surface area contributed by atoms with Crippen molar-refractivity contribution < 1.29 is 14.1 Å². The van der Waals surface area contributed by atoms with Gasteiger partial charge in [-0.05, 0) is 18.6 Å². The fraction of sp³-hybridized carbons (Fsp3) is 0.318. The van der Waals surface area contributed by atoms with Crippen LogP contribution in [0.25, 0.3) is 22.8 Å². The lowest BCUT2D eigenvalue weighted by Gasteiger charge is -2.18. The summed E-state index contributed by atoms with van der Waals surface area (Å²) in [5.74, 6) is 1.63. The maximum Gasteiger partial charge on any atom is 0.317 e. The molecule has 3 aromatic rings. The van der Waals surface area contributed by atoms with E-state index in [0.717, 1.165) is 24.0 Å². The minimum absolute atomic E-state index is 0.0318. The number of benzene rings is 2. The fourth-order valence-electron chi connectivity index (χ4n) is 3.32. The summed E-state index contributed by atoms with van der Waals surface area (Å²) in [6.45, 7) is 3.96. The normalized spacial score (nSPS) is 16.0. The van der Waals surface area contributed by atoms with E-state index in [1.807, 2.05) is 61.5 Å². The molecule has 2 heterocycles. The van der Waals surface area contributed by atoms with Crippen molar-refractivity contribution in [2.45, 2.75) is 25.9 Å². The third-order valence-electron chi connectivity index (χ3n) is 4.83. The predicted octanol–water partition coefficient (Wildman–Crippen LogP) is 3.98. The van der Waals surface area contributed by atoms with Gasteiger partial charge in [-0.25, -0.2) is 4.79 Å². The van der Waals surface area contributed by atoms with E-state index in [1.165, 1.54) is 0 Å². The van der Waals surface area contributed by atoms with Crippen LogP contribution in [0.2, 0.25) is 0 Å². The zero-order valence-corrected chi connectivity index (χ0v) is 16.4. The number of carbonyl (C=O) groups excluding carboxylic acids is 1. The van der Waals surface area contributed by atoms with Gasteiger partial charge in [-0.1, -0.05) is 54.5 Å². The Morgan fingerprint density at radius 2 is 2.00 bits per heavy atom. The van der Waals surface area contributed by atoms with Gasteiger partial charge >= 0.3 is 6.03 Å². The van der Waals surface area contributed by atoms with Crippen molar-refractivity contribution in [3.8, 4) is 28.6 Å². The number of para-hydroxylation sites is 1. The second-order valence-corrected chi connectivity index (χ2v) is 6.99. The molecule has 29 heavy (non-hydrogen) atoms. The van der Waals surface area contributed by atoms with Crippen LogP contribution in [-0.4, -0.2) is 46.8 Å². The van der Waals surface area contributed by atoms with Crippen LogP contribution in [0.3, 0.4) is 0 Å². The van der Waals surface area contributed by atoms with E-state index in [0.29, 0.717) is 37.1 Å². The van der Waals surface area contributed by atoms with E-state index in [1.54, 1.807) is 4.90 Å². The van der Waals surface area contributed by atoms with Gasteiger partial charge in [0.2, 0.25) is 5.82 Å². The van der Waals surface area contributed by atoms with Crippen LogP contribution in [0, 0.1) is 0 Å². The highest BCUT2D eigenvalue weighted by molar-refractivity contribution is 5.74. The largest absolute Gasteiger partial charge is 0.488 e. The van der Waals surface area contributed by atoms with Gasteiger partial charge in [0.25, 0.3) is 5.89 Å². The molecule has 0 bridgehead atoms. The quantitative estimate of drug-likeness (QED) is 0.686. The molecule has 2 aromatic carbocycles. The first kappa shape index (κ1) is 19.0. The van der Waals surface area contributed by atoms with E-state index >= 15 is 0 Å². The number of aromatic nitrogens is 2. The number of hydrogen-bond acceptors (Lipinski definition) is 5. The molecule has 0 saturated carbocycles. The molecule has 2 amide bonds. The summed E-state index contributed by atoms with van der Waals surface area (Å²) < 4.78 is 11.7. The Hall–Kier alpha value is -3.35. The van der Waals surface area contributed by atoms with Gasteiger partial charge < -0.3 is 19.5 Å². The average Bonchev–Trinajstić information content (AvgIpc) is 3.43. The maximum absolute atomic E-state index is 12.2. The Kier molecular flexibility index (Phi) is 5.74. The van der Waals surface area contributed by atoms with Crippen LogP contribution in [-0.2, 0) is 0 Å². The van der Waals surface area contributed by atoms with Crippen molar-refractivity contribution in [1.29, 1.82) is 0 Å². The number of nitrogens with one attached hydrogen (secondary N) is 1. The molecule has 1 N–H and O–H groups in total. The number of rotatable bonds is 6. The van der Waals surface area contributed by atoms with Gasteiger partial charge in [0.1, 0.15) is 11.9 Å². The molecule has 0 radical (unpaired) electrons. The molecule has 1 aromatic heterocycles. The van der Waals surface area contributed by atoms with Gasteiger partial charge in [0.05, 0.1) is 12.1 Å². The Morgan fingerprint density at radius 1 is 1.21 bits per heavy atom. The number of carbonyl (C=O) groups is 1. The van der Waals surface area contributed by atoms with Crippen molar-refractivity contribution in [1.82, 2.24) is 20.4 Å². The third-order valence-corrected chi connectivity index (χ3v) is 4.83. The van der Waals surface area contributed by atoms with Gasteiger partial charge in [0, 0.05) is 25.1 Å². The summed E-state index contributed by atoms with van der Waals surface area (Å²) >= 11 is 0. The molecular formula is C22H24N4O3. The van der Waals surface area contributed by atoms with Crippen LogP contribution in [0.1, 0.15) is 19.8 Å². The SMILES string of the molecule is CCCNC(=O)N1CCC(Oc2ccccc2-c2nc(-c3ccccc3)no2)C1. The lowest BCUT2D eigenvalue weighted by atomic mass is 10.2. The van der Waals surface area contributed by atoms with Crippen LogP contribution in [0.15, 0.2) is 59.1 Å². The zero-order chi connectivity index (χ0) is 20.1.